The maximum Gasteiger partial charge on any atom is 0.227 e. The molecule has 0 aromatic heterocycles. The summed E-state index contributed by atoms with van der Waals surface area (Å²) < 4.78 is 0. The Balaban J connectivity index is 1.59. The van der Waals surface area contributed by atoms with Gasteiger partial charge < -0.3 is 10.6 Å². The standard InChI is InChI=1S/C26H34N2O2/c1-5-19-11-7-9-17(3)23(19)27-25(29)21-13-15-22(16-14-21)26(30)28-24-18(4)10-8-12-20(24)6-2/h7-12,21-22H,5-6,13-16H2,1-4H3,(H,27,29)(H,28,30). The Labute approximate surface area is 180 Å². The third-order valence-electron chi connectivity index (χ3n) is 6.45. The first-order chi connectivity index (χ1) is 14.4. The van der Waals surface area contributed by atoms with Crippen LogP contribution in [0.1, 0.15) is 61.8 Å². The van der Waals surface area contributed by atoms with Crippen LogP contribution in [-0.4, -0.2) is 11.8 Å². The lowest BCUT2D eigenvalue weighted by Gasteiger charge is -2.28. The lowest BCUT2D eigenvalue weighted by Crippen LogP contribution is -2.32. The molecule has 3 rings (SSSR count). The second-order valence-corrected chi connectivity index (χ2v) is 8.45. The van der Waals surface area contributed by atoms with Crippen molar-refractivity contribution in [2.75, 3.05) is 10.6 Å². The molecule has 2 N–H and O–H groups in total. The van der Waals surface area contributed by atoms with E-state index in [0.717, 1.165) is 61.0 Å². The third-order valence-corrected chi connectivity index (χ3v) is 6.45. The molecule has 1 saturated carbocycles. The number of nitrogens with one attached hydrogen (secondary N) is 2. The minimum Gasteiger partial charge on any atom is -0.325 e. The van der Waals surface area contributed by atoms with Crippen molar-refractivity contribution in [1.82, 2.24) is 0 Å². The monoisotopic (exact) mass is 406 g/mol. The number of anilines is 2. The predicted octanol–water partition coefficient (Wildman–Crippen LogP) is 5.81. The summed E-state index contributed by atoms with van der Waals surface area (Å²) in [6.45, 7) is 8.28. The maximum atomic E-state index is 12.9. The maximum absolute atomic E-state index is 12.9. The summed E-state index contributed by atoms with van der Waals surface area (Å²) in [5, 5.41) is 6.33. The summed E-state index contributed by atoms with van der Waals surface area (Å²) in [6, 6.07) is 12.3. The van der Waals surface area contributed by atoms with Crippen LogP contribution >= 0.6 is 0 Å². The summed E-state index contributed by atoms with van der Waals surface area (Å²) >= 11 is 0. The van der Waals surface area contributed by atoms with Gasteiger partial charge in [0, 0.05) is 23.2 Å². The highest BCUT2D eigenvalue weighted by Gasteiger charge is 2.30. The second kappa shape index (κ2) is 9.92. The van der Waals surface area contributed by atoms with Crippen LogP contribution in [0, 0.1) is 25.7 Å². The van der Waals surface area contributed by atoms with Crippen LogP contribution in [0.15, 0.2) is 36.4 Å². The van der Waals surface area contributed by atoms with E-state index < -0.39 is 0 Å². The van der Waals surface area contributed by atoms with Gasteiger partial charge in [-0.15, -0.1) is 0 Å². The molecule has 0 spiro atoms. The minimum atomic E-state index is -0.0250. The van der Waals surface area contributed by atoms with Crippen LogP contribution in [0.25, 0.3) is 0 Å². The molecule has 4 heteroatoms. The van der Waals surface area contributed by atoms with E-state index in [9.17, 15) is 9.59 Å². The highest BCUT2D eigenvalue weighted by Crippen LogP contribution is 2.32. The summed E-state index contributed by atoms with van der Waals surface area (Å²) in [6.07, 6.45) is 4.81. The molecule has 0 aliphatic heterocycles. The lowest BCUT2D eigenvalue weighted by atomic mass is 9.81. The van der Waals surface area contributed by atoms with Crippen LogP contribution in [0.5, 0.6) is 0 Å². The van der Waals surface area contributed by atoms with Crippen LogP contribution in [0.2, 0.25) is 0 Å². The van der Waals surface area contributed by atoms with Gasteiger partial charge in [0.1, 0.15) is 0 Å². The molecule has 1 fully saturated rings. The molecule has 0 atom stereocenters. The molecule has 0 heterocycles. The first-order valence-corrected chi connectivity index (χ1v) is 11.2. The lowest BCUT2D eigenvalue weighted by molar-refractivity contribution is -0.125. The molecule has 4 nitrogen and oxygen atoms in total. The molecular formula is C26H34N2O2. The highest BCUT2D eigenvalue weighted by atomic mass is 16.2. The number of carbonyl (C=O) groups excluding carboxylic acids is 2. The topological polar surface area (TPSA) is 58.2 Å². The zero-order chi connectivity index (χ0) is 21.7. The van der Waals surface area contributed by atoms with E-state index in [1.54, 1.807) is 0 Å². The second-order valence-electron chi connectivity index (χ2n) is 8.45. The number of rotatable bonds is 6. The number of para-hydroxylation sites is 2. The smallest absolute Gasteiger partial charge is 0.227 e. The van der Waals surface area contributed by atoms with E-state index in [-0.39, 0.29) is 23.7 Å². The average molecular weight is 407 g/mol. The minimum absolute atomic E-state index is 0.0250. The van der Waals surface area contributed by atoms with Crippen molar-refractivity contribution in [2.45, 2.75) is 66.2 Å². The molecular weight excluding hydrogens is 372 g/mol. The first kappa shape index (κ1) is 22.1. The van der Waals surface area contributed by atoms with E-state index >= 15 is 0 Å². The first-order valence-electron chi connectivity index (χ1n) is 11.2. The number of amides is 2. The van der Waals surface area contributed by atoms with Gasteiger partial charge in [-0.05, 0) is 74.6 Å². The van der Waals surface area contributed by atoms with Crippen molar-refractivity contribution in [1.29, 1.82) is 0 Å². The molecule has 0 radical (unpaired) electrons. The van der Waals surface area contributed by atoms with Crippen LogP contribution in [-0.2, 0) is 22.4 Å². The number of hydrogen-bond donors (Lipinski definition) is 2. The van der Waals surface area contributed by atoms with Gasteiger partial charge in [0.25, 0.3) is 0 Å². The molecule has 0 unspecified atom stereocenters. The Morgan fingerprint density at radius 1 is 0.733 bits per heavy atom. The third kappa shape index (κ3) is 4.92. The Morgan fingerprint density at radius 2 is 1.10 bits per heavy atom. The van der Waals surface area contributed by atoms with Crippen molar-refractivity contribution in [2.24, 2.45) is 11.8 Å². The molecule has 0 bridgehead atoms. The van der Waals surface area contributed by atoms with Gasteiger partial charge in [0.2, 0.25) is 11.8 Å². The van der Waals surface area contributed by atoms with E-state index in [2.05, 4.69) is 36.6 Å². The van der Waals surface area contributed by atoms with Gasteiger partial charge in [-0.1, -0.05) is 50.2 Å². The fourth-order valence-corrected chi connectivity index (χ4v) is 4.47. The van der Waals surface area contributed by atoms with Crippen LogP contribution in [0.4, 0.5) is 11.4 Å². The summed E-state index contributed by atoms with van der Waals surface area (Å²) in [5.74, 6) is 0.126. The fraction of sp³-hybridized carbons (Fsp3) is 0.462. The van der Waals surface area contributed by atoms with Crippen molar-refractivity contribution >= 4 is 23.2 Å². The van der Waals surface area contributed by atoms with Gasteiger partial charge in [-0.2, -0.15) is 0 Å². The van der Waals surface area contributed by atoms with E-state index in [1.165, 1.54) is 11.1 Å². The van der Waals surface area contributed by atoms with Crippen LogP contribution in [0.3, 0.4) is 0 Å². The summed E-state index contributed by atoms with van der Waals surface area (Å²) in [7, 11) is 0. The average Bonchev–Trinajstić information content (AvgIpc) is 2.76. The van der Waals surface area contributed by atoms with E-state index in [4.69, 9.17) is 0 Å². The van der Waals surface area contributed by atoms with Gasteiger partial charge in [0.15, 0.2) is 0 Å². The van der Waals surface area contributed by atoms with E-state index in [0.29, 0.717) is 0 Å². The van der Waals surface area contributed by atoms with Crippen molar-refractivity contribution < 1.29 is 9.59 Å². The zero-order valence-corrected chi connectivity index (χ0v) is 18.7. The molecule has 160 valence electrons. The van der Waals surface area contributed by atoms with E-state index in [1.807, 2.05) is 38.1 Å². The van der Waals surface area contributed by atoms with Gasteiger partial charge >= 0.3 is 0 Å². The van der Waals surface area contributed by atoms with Crippen LogP contribution < -0.4 is 10.6 Å². The predicted molar refractivity (Wildman–Crippen MR) is 124 cm³/mol. The Bertz CT molecular complexity index is 836. The van der Waals surface area contributed by atoms with Gasteiger partial charge in [-0.3, -0.25) is 9.59 Å². The Morgan fingerprint density at radius 3 is 1.43 bits per heavy atom. The molecule has 1 aliphatic rings. The van der Waals surface area contributed by atoms with Crippen molar-refractivity contribution in [3.8, 4) is 0 Å². The number of carbonyl (C=O) groups is 2. The molecule has 2 amide bonds. The van der Waals surface area contributed by atoms with Crippen molar-refractivity contribution in [3.05, 3.63) is 58.7 Å². The fourth-order valence-electron chi connectivity index (χ4n) is 4.47. The highest BCUT2D eigenvalue weighted by molar-refractivity contribution is 5.96. The Hall–Kier alpha value is -2.62. The molecule has 2 aromatic rings. The SMILES string of the molecule is CCc1cccc(C)c1NC(=O)C1CCC(C(=O)Nc2c(C)cccc2CC)CC1. The van der Waals surface area contributed by atoms with Gasteiger partial charge in [-0.25, -0.2) is 0 Å². The normalized spacial score (nSPS) is 18.7. The summed E-state index contributed by atoms with van der Waals surface area (Å²) in [5.41, 5.74) is 6.44. The quantitative estimate of drug-likeness (QED) is 0.636. The molecule has 2 aromatic carbocycles. The zero-order valence-electron chi connectivity index (χ0n) is 18.7. The van der Waals surface area contributed by atoms with Gasteiger partial charge in [0.05, 0.1) is 0 Å². The number of benzene rings is 2. The largest absolute Gasteiger partial charge is 0.325 e. The molecule has 30 heavy (non-hydrogen) atoms. The Kier molecular flexibility index (Phi) is 7.30. The molecule has 1 aliphatic carbocycles. The van der Waals surface area contributed by atoms with Crippen molar-refractivity contribution in [3.63, 3.8) is 0 Å². The number of aryl methyl sites for hydroxylation is 4. The summed E-state index contributed by atoms with van der Waals surface area (Å²) in [4.78, 5) is 25.7. The number of hydrogen-bond acceptors (Lipinski definition) is 2. The molecule has 0 saturated heterocycles.